The maximum Gasteiger partial charge on any atom is 0.502 e. The van der Waals surface area contributed by atoms with Gasteiger partial charge in [0.2, 0.25) is 0 Å². The predicted octanol–water partition coefficient (Wildman–Crippen LogP) is 2.96. The number of anilines is 1. The normalized spacial score (nSPS) is 13.6. The van der Waals surface area contributed by atoms with E-state index in [1.54, 1.807) is 18.2 Å². The minimum atomic E-state index is -4.42. The second-order valence-corrected chi connectivity index (χ2v) is 10.4. The average Bonchev–Trinajstić information content (AvgIpc) is 3.40. The average molecular weight is 497 g/mol. The first-order valence-electron chi connectivity index (χ1n) is 9.53. The molecule has 172 valence electrons. The Hall–Kier alpha value is -3.38. The van der Waals surface area contributed by atoms with Crippen LogP contribution in [0.15, 0.2) is 58.8 Å². The number of amides is 1. The summed E-state index contributed by atoms with van der Waals surface area (Å²) in [6.07, 6.45) is -5.34. The number of carbonyl (C=O) groups is 1. The number of hydrogen-bond acceptors (Lipinski definition) is 4. The molecule has 0 fully saturated rings. The van der Waals surface area contributed by atoms with Gasteiger partial charge >= 0.3 is 12.3 Å². The molecule has 7 nitrogen and oxygen atoms in total. The van der Waals surface area contributed by atoms with E-state index < -0.39 is 27.9 Å². The van der Waals surface area contributed by atoms with Crippen molar-refractivity contribution in [2.24, 2.45) is 0 Å². The third-order valence-electron chi connectivity index (χ3n) is 5.11. The molecule has 2 aromatic carbocycles. The third-order valence-corrected chi connectivity index (χ3v) is 8.51. The zero-order valence-corrected chi connectivity index (χ0v) is 18.4. The van der Waals surface area contributed by atoms with E-state index in [0.717, 1.165) is 29.0 Å². The van der Waals surface area contributed by atoms with Crippen LogP contribution in [0.4, 0.5) is 23.7 Å². The first-order valence-corrected chi connectivity index (χ1v) is 11.8. The number of amidine groups is 1. The SMILES string of the molecule is [NH2+]=C(NC(=O)O)c1ccc(S(=O)(=O)N2CCc3cc(-c4ccc(C(F)(F)F)cc4)ccc32)s1. The number of nitrogens with two attached hydrogens (primary N) is 1. The highest BCUT2D eigenvalue weighted by molar-refractivity contribution is 7.94. The number of nitrogens with zero attached hydrogens (tertiary/aromatic N) is 1. The lowest BCUT2D eigenvalue weighted by atomic mass is 10.0. The summed E-state index contributed by atoms with van der Waals surface area (Å²) in [5.41, 5.74) is 1.78. The van der Waals surface area contributed by atoms with Crippen LogP contribution in [0.2, 0.25) is 0 Å². The molecule has 1 aliphatic rings. The minimum Gasteiger partial charge on any atom is -0.447 e. The van der Waals surface area contributed by atoms with Crippen molar-refractivity contribution in [3.8, 4) is 11.1 Å². The van der Waals surface area contributed by atoms with E-state index in [0.29, 0.717) is 23.2 Å². The summed E-state index contributed by atoms with van der Waals surface area (Å²) in [4.78, 5) is 11.0. The van der Waals surface area contributed by atoms with Crippen molar-refractivity contribution in [2.45, 2.75) is 16.8 Å². The highest BCUT2D eigenvalue weighted by Crippen LogP contribution is 2.38. The number of halogens is 3. The van der Waals surface area contributed by atoms with Crippen LogP contribution < -0.4 is 15.0 Å². The fourth-order valence-electron chi connectivity index (χ4n) is 3.54. The Labute approximate surface area is 190 Å². The van der Waals surface area contributed by atoms with Crippen molar-refractivity contribution in [1.29, 1.82) is 0 Å². The summed E-state index contributed by atoms with van der Waals surface area (Å²) in [5, 5.41) is 16.4. The van der Waals surface area contributed by atoms with Gasteiger partial charge in [0.15, 0.2) is 0 Å². The molecule has 4 rings (SSSR count). The molecule has 0 atom stereocenters. The number of alkyl halides is 3. The Morgan fingerprint density at radius 2 is 1.73 bits per heavy atom. The number of fused-ring (bicyclic) bond motifs is 1. The summed E-state index contributed by atoms with van der Waals surface area (Å²) >= 11 is 0.845. The molecule has 2 heterocycles. The Bertz CT molecular complexity index is 1350. The summed E-state index contributed by atoms with van der Waals surface area (Å²) in [6, 6.07) is 12.6. The van der Waals surface area contributed by atoms with Gasteiger partial charge in [-0.05, 0) is 59.5 Å². The molecule has 4 N–H and O–H groups in total. The lowest BCUT2D eigenvalue weighted by molar-refractivity contribution is -0.137. The molecule has 0 radical (unpaired) electrons. The predicted molar refractivity (Wildman–Crippen MR) is 117 cm³/mol. The quantitative estimate of drug-likeness (QED) is 0.381. The largest absolute Gasteiger partial charge is 0.502 e. The van der Waals surface area contributed by atoms with Gasteiger partial charge in [0, 0.05) is 6.54 Å². The lowest BCUT2D eigenvalue weighted by Crippen LogP contribution is -2.50. The van der Waals surface area contributed by atoms with Crippen molar-refractivity contribution < 1.29 is 36.9 Å². The highest BCUT2D eigenvalue weighted by atomic mass is 32.2. The lowest BCUT2D eigenvalue weighted by Gasteiger charge is -2.18. The fraction of sp³-hybridized carbons (Fsp3) is 0.143. The maximum absolute atomic E-state index is 13.2. The van der Waals surface area contributed by atoms with Gasteiger partial charge in [-0.1, -0.05) is 18.2 Å². The van der Waals surface area contributed by atoms with Crippen LogP contribution in [0, 0.1) is 0 Å². The van der Waals surface area contributed by atoms with Crippen LogP contribution in [-0.2, 0) is 22.6 Å². The first kappa shape index (κ1) is 22.8. The molecule has 1 aromatic heterocycles. The monoisotopic (exact) mass is 496 g/mol. The van der Waals surface area contributed by atoms with Crippen LogP contribution >= 0.6 is 11.3 Å². The van der Waals surface area contributed by atoms with Gasteiger partial charge in [-0.25, -0.2) is 8.42 Å². The molecule has 0 aliphatic carbocycles. The van der Waals surface area contributed by atoms with Crippen molar-refractivity contribution >= 4 is 39.0 Å². The minimum absolute atomic E-state index is 0.00676. The van der Waals surface area contributed by atoms with Crippen molar-refractivity contribution in [3.05, 3.63) is 70.6 Å². The number of sulfonamides is 1. The zero-order valence-electron chi connectivity index (χ0n) is 16.8. The summed E-state index contributed by atoms with van der Waals surface area (Å²) in [7, 11) is -3.91. The molecule has 0 spiro atoms. The number of nitrogens with one attached hydrogen (secondary N) is 1. The van der Waals surface area contributed by atoms with Gasteiger partial charge in [-0.3, -0.25) is 9.71 Å². The van der Waals surface area contributed by atoms with E-state index in [-0.39, 0.29) is 21.5 Å². The second kappa shape index (κ2) is 8.19. The summed E-state index contributed by atoms with van der Waals surface area (Å²) in [5.74, 6) is -0.169. The molecule has 0 saturated heterocycles. The number of rotatable bonds is 4. The molecule has 1 aliphatic heterocycles. The van der Waals surface area contributed by atoms with E-state index in [1.165, 1.54) is 28.6 Å². The molecule has 0 unspecified atom stereocenters. The molecule has 12 heteroatoms. The van der Waals surface area contributed by atoms with Gasteiger partial charge in [0.1, 0.15) is 9.09 Å². The Kier molecular flexibility index (Phi) is 5.66. The van der Waals surface area contributed by atoms with Gasteiger partial charge in [0.05, 0.1) is 11.3 Å². The van der Waals surface area contributed by atoms with Crippen molar-refractivity contribution in [3.63, 3.8) is 0 Å². The third kappa shape index (κ3) is 4.44. The Morgan fingerprint density at radius 1 is 1.06 bits per heavy atom. The molecular weight excluding hydrogens is 479 g/mol. The van der Waals surface area contributed by atoms with Gasteiger partial charge < -0.3 is 5.11 Å². The van der Waals surface area contributed by atoms with Crippen LogP contribution in [-0.4, -0.2) is 32.0 Å². The molecule has 33 heavy (non-hydrogen) atoms. The van der Waals surface area contributed by atoms with Crippen LogP contribution in [0.1, 0.15) is 16.0 Å². The van der Waals surface area contributed by atoms with Crippen molar-refractivity contribution in [1.82, 2.24) is 5.32 Å². The Balaban J connectivity index is 1.59. The van der Waals surface area contributed by atoms with E-state index >= 15 is 0 Å². The van der Waals surface area contributed by atoms with E-state index in [9.17, 15) is 26.4 Å². The molecule has 0 saturated carbocycles. The molecule has 0 bridgehead atoms. The summed E-state index contributed by atoms with van der Waals surface area (Å²) < 4.78 is 66.0. The number of thiophene rings is 1. The van der Waals surface area contributed by atoms with Gasteiger partial charge in [-0.2, -0.15) is 23.3 Å². The number of carboxylic acid groups (broad SMARTS) is 1. The van der Waals surface area contributed by atoms with Crippen LogP contribution in [0.5, 0.6) is 0 Å². The topological polar surface area (TPSA) is 112 Å². The van der Waals surface area contributed by atoms with Crippen LogP contribution in [0.25, 0.3) is 11.1 Å². The van der Waals surface area contributed by atoms with Crippen molar-refractivity contribution in [2.75, 3.05) is 10.8 Å². The van der Waals surface area contributed by atoms with E-state index in [4.69, 9.17) is 10.5 Å². The second-order valence-electron chi connectivity index (χ2n) is 7.21. The fourth-order valence-corrected chi connectivity index (χ4v) is 6.38. The zero-order chi connectivity index (χ0) is 24.0. The summed E-state index contributed by atoms with van der Waals surface area (Å²) in [6.45, 7) is 0.202. The molecular formula is C21H17F3N3O4S2+. The maximum atomic E-state index is 13.2. The van der Waals surface area contributed by atoms with Gasteiger partial charge in [-0.15, -0.1) is 11.3 Å². The first-order chi connectivity index (χ1) is 15.5. The molecule has 3 aromatic rings. The highest BCUT2D eigenvalue weighted by Gasteiger charge is 2.33. The smallest absolute Gasteiger partial charge is 0.447 e. The van der Waals surface area contributed by atoms with Gasteiger partial charge in [0.25, 0.3) is 15.9 Å². The standard InChI is InChI=1S/C21H16F3N3O4S2/c22-21(23,24)15-4-1-12(2-5-15)13-3-6-16-14(11-13)9-10-27(16)33(30,31)18-8-7-17(32-18)19(25)26-20(28)29/h1-8,11H,9-10H2,(H2,25,26)(H,28,29)/p+1. The van der Waals surface area contributed by atoms with E-state index in [2.05, 4.69) is 0 Å². The number of hydrogen-bond donors (Lipinski definition) is 3. The number of benzene rings is 2. The molecule has 1 amide bonds. The van der Waals surface area contributed by atoms with Crippen LogP contribution in [0.3, 0.4) is 0 Å². The Morgan fingerprint density at radius 3 is 2.36 bits per heavy atom. The van der Waals surface area contributed by atoms with E-state index in [1.807, 2.05) is 5.32 Å².